The number of halogens is 3. The van der Waals surface area contributed by atoms with Crippen LogP contribution in [0.2, 0.25) is 0 Å². The molecule has 0 aliphatic rings. The maximum Gasteiger partial charge on any atom is 0.369 e. The van der Waals surface area contributed by atoms with Crippen molar-refractivity contribution in [3.05, 3.63) is 0 Å². The van der Waals surface area contributed by atoms with E-state index in [9.17, 15) is 9.13 Å². The van der Waals surface area contributed by atoms with Crippen LogP contribution in [0, 0.1) is 0 Å². The normalized spacial score (nSPS) is 13.5. The molecule has 15 heavy (non-hydrogen) atoms. The van der Waals surface area contributed by atoms with Crippen LogP contribution in [-0.2, 0) is 9.13 Å². The lowest BCUT2D eigenvalue weighted by atomic mass is 10.9. The highest BCUT2D eigenvalue weighted by Crippen LogP contribution is 2.66. The third-order valence-electron chi connectivity index (χ3n) is 1.10. The van der Waals surface area contributed by atoms with Gasteiger partial charge in [-0.2, -0.15) is 0 Å². The molecule has 0 aliphatic heterocycles. The first-order chi connectivity index (χ1) is 6.23. The summed E-state index contributed by atoms with van der Waals surface area (Å²) >= 11 is 14.6. The Morgan fingerprint density at radius 1 is 1.00 bits per heavy atom. The van der Waals surface area contributed by atoms with Crippen LogP contribution < -0.4 is 0 Å². The first-order valence-electron chi connectivity index (χ1n) is 2.84. The second kappa shape index (κ2) is 6.48. The van der Waals surface area contributed by atoms with Gasteiger partial charge in [0.2, 0.25) is 0 Å². The molecule has 5 N–H and O–H groups in total. The molecule has 0 saturated carbocycles. The lowest BCUT2D eigenvalue weighted by molar-refractivity contribution is 0.146. The number of rotatable bonds is 2. The van der Waals surface area contributed by atoms with E-state index in [1.807, 2.05) is 0 Å². The molecular formula is C2H8Cl3O7P3. The van der Waals surface area contributed by atoms with E-state index in [1.54, 1.807) is 0 Å². The van der Waals surface area contributed by atoms with Gasteiger partial charge in [0.25, 0.3) is 5.08 Å². The minimum atomic E-state index is -5.20. The molecule has 0 heterocycles. The monoisotopic (exact) mass is 342 g/mol. The Kier molecular flexibility index (Phi) is 8.17. The third-order valence-corrected chi connectivity index (χ3v) is 4.87. The standard InChI is InChI=1S/C2H8O7P2.Cl3P/c1-2(3,10(4,5)6)11(7,8)9;1-4(2)3/h3H,1H3,(H2,4,5,6)(H2,7,8,9);. The second-order valence-corrected chi connectivity index (χ2v) is 11.5. The minimum Gasteiger partial charge on any atom is -0.368 e. The summed E-state index contributed by atoms with van der Waals surface area (Å²) in [5, 5.41) is 5.37. The Bertz CT molecular complexity index is 252. The predicted molar refractivity (Wildman–Crippen MR) is 59.2 cm³/mol. The summed E-state index contributed by atoms with van der Waals surface area (Å²) in [5.41, 5.74) is 0. The fourth-order valence-electron chi connectivity index (χ4n) is 0.170. The van der Waals surface area contributed by atoms with Crippen molar-refractivity contribution in [1.82, 2.24) is 0 Å². The Labute approximate surface area is 101 Å². The van der Waals surface area contributed by atoms with Crippen LogP contribution in [0.4, 0.5) is 0 Å². The largest absolute Gasteiger partial charge is 0.369 e. The first kappa shape index (κ1) is 18.9. The molecule has 0 amide bonds. The molecule has 0 unspecified atom stereocenters. The predicted octanol–water partition coefficient (Wildman–Crippen LogP) is 1.94. The minimum absolute atomic E-state index is 0.383. The van der Waals surface area contributed by atoms with Crippen molar-refractivity contribution in [1.29, 1.82) is 0 Å². The van der Waals surface area contributed by atoms with Gasteiger partial charge in [0.1, 0.15) is 0 Å². The zero-order chi connectivity index (χ0) is 13.1. The molecule has 0 spiro atoms. The molecule has 0 aromatic rings. The lowest BCUT2D eigenvalue weighted by Crippen LogP contribution is -2.23. The van der Waals surface area contributed by atoms with E-state index in [0.29, 0.717) is 6.92 Å². The number of hydrogen-bond donors (Lipinski definition) is 5. The molecule has 94 valence electrons. The number of aliphatic hydroxyl groups is 1. The van der Waals surface area contributed by atoms with Crippen molar-refractivity contribution >= 4 is 54.9 Å². The van der Waals surface area contributed by atoms with Crippen LogP contribution in [0.25, 0.3) is 0 Å². The topological polar surface area (TPSA) is 135 Å². The summed E-state index contributed by atoms with van der Waals surface area (Å²) < 4.78 is 20.5. The van der Waals surface area contributed by atoms with Crippen LogP contribution in [0.3, 0.4) is 0 Å². The van der Waals surface area contributed by atoms with Crippen LogP contribution in [-0.4, -0.2) is 29.8 Å². The SMILES string of the molecule is CC(O)(P(=O)(O)O)P(=O)(O)O.ClP(Cl)Cl. The number of hydrogen-bond acceptors (Lipinski definition) is 3. The van der Waals surface area contributed by atoms with E-state index < -0.39 is 26.3 Å². The summed E-state index contributed by atoms with van der Waals surface area (Å²) in [6.07, 6.45) is 0. The highest BCUT2D eigenvalue weighted by atomic mass is 36.0. The van der Waals surface area contributed by atoms with Crippen molar-refractivity contribution in [3.63, 3.8) is 0 Å². The summed E-state index contributed by atoms with van der Waals surface area (Å²) in [4.78, 5) is 33.0. The van der Waals surface area contributed by atoms with Gasteiger partial charge in [-0.25, -0.2) is 0 Å². The Balaban J connectivity index is 0. The van der Waals surface area contributed by atoms with E-state index in [0.717, 1.165) is 0 Å². The Morgan fingerprint density at radius 3 is 1.13 bits per heavy atom. The maximum absolute atomic E-state index is 10.3. The van der Waals surface area contributed by atoms with Crippen molar-refractivity contribution in [3.8, 4) is 0 Å². The zero-order valence-corrected chi connectivity index (χ0v) is 12.0. The molecule has 13 heteroatoms. The van der Waals surface area contributed by atoms with Gasteiger partial charge in [0.15, 0.2) is 5.98 Å². The first-order valence-corrected chi connectivity index (χ1v) is 10.1. The molecule has 0 aromatic heterocycles. The molecule has 0 bridgehead atoms. The van der Waals surface area contributed by atoms with Crippen molar-refractivity contribution in [2.24, 2.45) is 0 Å². The van der Waals surface area contributed by atoms with Crippen molar-refractivity contribution in [2.75, 3.05) is 0 Å². The summed E-state index contributed by atoms with van der Waals surface area (Å²) in [7, 11) is -10.4. The van der Waals surface area contributed by atoms with Gasteiger partial charge in [0, 0.05) is 0 Å². The molecule has 0 aliphatic carbocycles. The highest BCUT2D eigenvalue weighted by molar-refractivity contribution is 8.20. The molecule has 0 fully saturated rings. The summed E-state index contributed by atoms with van der Waals surface area (Å²) in [5.74, 6) is -1.20. The average Bonchev–Trinajstić information content (AvgIpc) is 1.79. The smallest absolute Gasteiger partial charge is 0.368 e. The summed E-state index contributed by atoms with van der Waals surface area (Å²) in [6, 6.07) is 0. The van der Waals surface area contributed by atoms with Gasteiger partial charge >= 0.3 is 15.2 Å². The Hall–Kier alpha value is 1.56. The van der Waals surface area contributed by atoms with Gasteiger partial charge in [-0.3, -0.25) is 9.13 Å². The van der Waals surface area contributed by atoms with E-state index in [1.165, 1.54) is 0 Å². The molecular weight excluding hydrogens is 335 g/mol. The molecule has 0 rings (SSSR count). The third kappa shape index (κ3) is 7.48. The van der Waals surface area contributed by atoms with Gasteiger partial charge in [-0.1, -0.05) is 33.7 Å². The molecule has 0 radical (unpaired) electrons. The maximum atomic E-state index is 10.3. The van der Waals surface area contributed by atoms with E-state index in [4.69, 9.17) is 58.4 Å². The van der Waals surface area contributed by atoms with Gasteiger partial charge < -0.3 is 24.7 Å². The summed E-state index contributed by atoms with van der Waals surface area (Å²) in [6.45, 7) is 0.383. The van der Waals surface area contributed by atoms with Crippen molar-refractivity contribution < 1.29 is 33.8 Å². The van der Waals surface area contributed by atoms with Crippen LogP contribution in [0.5, 0.6) is 0 Å². The van der Waals surface area contributed by atoms with Gasteiger partial charge in [-0.05, 0) is 6.92 Å². The highest BCUT2D eigenvalue weighted by Gasteiger charge is 2.55. The van der Waals surface area contributed by atoms with E-state index >= 15 is 0 Å². The van der Waals surface area contributed by atoms with Gasteiger partial charge in [-0.15, -0.1) is 0 Å². The quantitative estimate of drug-likeness (QED) is 0.483. The molecule has 0 saturated heterocycles. The van der Waals surface area contributed by atoms with Crippen LogP contribution >= 0.6 is 54.9 Å². The molecule has 0 aromatic carbocycles. The molecule has 0 atom stereocenters. The average molecular weight is 343 g/mol. The fraction of sp³-hybridized carbons (Fsp3) is 1.00. The fourth-order valence-corrected chi connectivity index (χ4v) is 1.53. The zero-order valence-electron chi connectivity index (χ0n) is 7.03. The van der Waals surface area contributed by atoms with E-state index in [2.05, 4.69) is 0 Å². The molecule has 7 nitrogen and oxygen atoms in total. The van der Waals surface area contributed by atoms with Crippen LogP contribution in [0.15, 0.2) is 0 Å². The van der Waals surface area contributed by atoms with E-state index in [-0.39, 0.29) is 0 Å². The van der Waals surface area contributed by atoms with Crippen LogP contribution in [0.1, 0.15) is 6.92 Å². The lowest BCUT2D eigenvalue weighted by Gasteiger charge is -2.24. The second-order valence-electron chi connectivity index (χ2n) is 2.25. The van der Waals surface area contributed by atoms with Crippen molar-refractivity contribution in [2.45, 2.75) is 12.0 Å². The van der Waals surface area contributed by atoms with Gasteiger partial charge in [0.05, 0.1) is 0 Å². The Morgan fingerprint density at radius 2 is 1.13 bits per heavy atom.